The van der Waals surface area contributed by atoms with Crippen LogP contribution in [0.1, 0.15) is 32.5 Å². The van der Waals surface area contributed by atoms with Crippen molar-refractivity contribution < 1.29 is 9.18 Å². The van der Waals surface area contributed by atoms with Crippen molar-refractivity contribution in [3.63, 3.8) is 0 Å². The summed E-state index contributed by atoms with van der Waals surface area (Å²) in [6, 6.07) is 16.9. The van der Waals surface area contributed by atoms with Crippen LogP contribution in [0.25, 0.3) is 0 Å². The molecule has 1 amide bonds. The number of likely N-dealkylation sites (tertiary alicyclic amines) is 1. The third-order valence-corrected chi connectivity index (χ3v) is 6.18. The number of thiazole rings is 1. The Bertz CT molecular complexity index is 970. The lowest BCUT2D eigenvalue weighted by atomic mass is 9.89. The third kappa shape index (κ3) is 5.19. The summed E-state index contributed by atoms with van der Waals surface area (Å²) < 4.78 is 13.9. The highest BCUT2D eigenvalue weighted by molar-refractivity contribution is 7.09. The standard InChI is InChI=1S/C22H22FN3OS.2ClH/c23-19-9-5-4-8-16(19)10-21-25-20(14-28-21)22(27)26-12-17(11-24)18(13-26)15-6-2-1-3-7-15;;/h1-9,14,17-18H,10-13,24H2;2*1H/t17-,18+;;/m1../s1. The van der Waals surface area contributed by atoms with E-state index in [1.165, 1.54) is 23.0 Å². The van der Waals surface area contributed by atoms with E-state index in [2.05, 4.69) is 17.1 Å². The van der Waals surface area contributed by atoms with Crippen LogP contribution in [0.3, 0.4) is 0 Å². The molecule has 0 unspecified atom stereocenters. The van der Waals surface area contributed by atoms with Crippen molar-refractivity contribution in [2.75, 3.05) is 19.6 Å². The lowest BCUT2D eigenvalue weighted by molar-refractivity contribution is 0.0781. The second kappa shape index (κ2) is 10.9. The summed E-state index contributed by atoms with van der Waals surface area (Å²) in [5, 5.41) is 2.51. The number of hydrogen-bond acceptors (Lipinski definition) is 4. The summed E-state index contributed by atoms with van der Waals surface area (Å²) in [6.45, 7) is 1.82. The first kappa shape index (κ1) is 24.3. The molecule has 0 aliphatic carbocycles. The van der Waals surface area contributed by atoms with Crippen LogP contribution in [-0.2, 0) is 6.42 Å². The number of carbonyl (C=O) groups excluding carboxylic acids is 1. The molecule has 2 aromatic carbocycles. The van der Waals surface area contributed by atoms with Gasteiger partial charge in [-0.1, -0.05) is 48.5 Å². The van der Waals surface area contributed by atoms with Crippen LogP contribution in [0, 0.1) is 11.7 Å². The van der Waals surface area contributed by atoms with E-state index in [1.54, 1.807) is 23.6 Å². The number of amides is 1. The Labute approximate surface area is 192 Å². The Balaban J connectivity index is 0.00000160. The van der Waals surface area contributed by atoms with Crippen LogP contribution >= 0.6 is 36.2 Å². The maximum atomic E-state index is 13.9. The molecule has 1 saturated heterocycles. The molecule has 0 bridgehead atoms. The molecule has 2 heterocycles. The zero-order valence-electron chi connectivity index (χ0n) is 16.2. The molecule has 1 fully saturated rings. The summed E-state index contributed by atoms with van der Waals surface area (Å²) in [7, 11) is 0. The SMILES string of the molecule is Cl.Cl.NC[C@@H]1CN(C(=O)c2csc(Cc3ccccc3F)n2)C[C@H]1c1ccccc1. The molecule has 3 aromatic rings. The fourth-order valence-corrected chi connectivity index (χ4v) is 4.60. The van der Waals surface area contributed by atoms with Gasteiger partial charge in [0, 0.05) is 30.8 Å². The first-order chi connectivity index (χ1) is 13.7. The average molecular weight is 468 g/mol. The number of aromatic nitrogens is 1. The fourth-order valence-electron chi connectivity index (χ4n) is 3.81. The Morgan fingerprint density at radius 1 is 1.10 bits per heavy atom. The highest BCUT2D eigenvalue weighted by atomic mass is 35.5. The van der Waals surface area contributed by atoms with Gasteiger partial charge in [-0.3, -0.25) is 4.79 Å². The topological polar surface area (TPSA) is 59.2 Å². The molecule has 0 spiro atoms. The van der Waals surface area contributed by atoms with Gasteiger partial charge in [0.2, 0.25) is 0 Å². The molecule has 160 valence electrons. The van der Waals surface area contributed by atoms with Gasteiger partial charge in [-0.2, -0.15) is 0 Å². The lowest BCUT2D eigenvalue weighted by Gasteiger charge is -2.16. The monoisotopic (exact) mass is 467 g/mol. The Hall–Kier alpha value is -1.99. The molecule has 2 atom stereocenters. The van der Waals surface area contributed by atoms with Gasteiger partial charge in [0.05, 0.1) is 5.01 Å². The van der Waals surface area contributed by atoms with Gasteiger partial charge in [-0.15, -0.1) is 36.2 Å². The summed E-state index contributed by atoms with van der Waals surface area (Å²) in [4.78, 5) is 19.3. The van der Waals surface area contributed by atoms with Crippen LogP contribution in [0.4, 0.5) is 4.39 Å². The normalized spacial score (nSPS) is 17.9. The molecular formula is C22H24Cl2FN3OS. The van der Waals surface area contributed by atoms with E-state index in [0.717, 1.165) is 5.01 Å². The maximum Gasteiger partial charge on any atom is 0.273 e. The average Bonchev–Trinajstić information content (AvgIpc) is 3.37. The smallest absolute Gasteiger partial charge is 0.273 e. The molecule has 1 aromatic heterocycles. The number of halogens is 3. The van der Waals surface area contributed by atoms with Gasteiger partial charge >= 0.3 is 0 Å². The summed E-state index contributed by atoms with van der Waals surface area (Å²) in [5.74, 6) is 0.157. The van der Waals surface area contributed by atoms with Gasteiger partial charge in [-0.05, 0) is 29.7 Å². The van der Waals surface area contributed by atoms with E-state index < -0.39 is 0 Å². The Morgan fingerprint density at radius 3 is 2.50 bits per heavy atom. The van der Waals surface area contributed by atoms with Crippen molar-refractivity contribution in [2.45, 2.75) is 12.3 Å². The third-order valence-electron chi connectivity index (χ3n) is 5.33. The molecule has 4 nitrogen and oxygen atoms in total. The van der Waals surface area contributed by atoms with Crippen LogP contribution in [0.5, 0.6) is 0 Å². The number of hydrogen-bond donors (Lipinski definition) is 1. The minimum atomic E-state index is -0.249. The van der Waals surface area contributed by atoms with Crippen LogP contribution < -0.4 is 5.73 Å². The predicted octanol–water partition coefficient (Wildman–Crippen LogP) is 4.53. The minimum absolute atomic E-state index is 0. The first-order valence-corrected chi connectivity index (χ1v) is 10.3. The largest absolute Gasteiger partial charge is 0.336 e. The van der Waals surface area contributed by atoms with Crippen LogP contribution in [-0.4, -0.2) is 35.4 Å². The van der Waals surface area contributed by atoms with E-state index in [1.807, 2.05) is 23.1 Å². The molecule has 2 N–H and O–H groups in total. The van der Waals surface area contributed by atoms with Crippen molar-refractivity contribution in [1.29, 1.82) is 0 Å². The summed E-state index contributed by atoms with van der Waals surface area (Å²) in [6.07, 6.45) is 0.392. The highest BCUT2D eigenvalue weighted by Crippen LogP contribution is 2.33. The van der Waals surface area contributed by atoms with Gasteiger partial charge in [0.25, 0.3) is 5.91 Å². The van der Waals surface area contributed by atoms with Gasteiger partial charge in [0.15, 0.2) is 0 Å². The zero-order chi connectivity index (χ0) is 19.5. The van der Waals surface area contributed by atoms with E-state index in [9.17, 15) is 9.18 Å². The van der Waals surface area contributed by atoms with Gasteiger partial charge in [0.1, 0.15) is 11.5 Å². The molecule has 8 heteroatoms. The molecule has 0 radical (unpaired) electrons. The molecular weight excluding hydrogens is 444 g/mol. The van der Waals surface area contributed by atoms with E-state index in [0.29, 0.717) is 37.3 Å². The number of carbonyl (C=O) groups is 1. The van der Waals surface area contributed by atoms with Gasteiger partial charge in [-0.25, -0.2) is 9.37 Å². The highest BCUT2D eigenvalue weighted by Gasteiger charge is 2.36. The van der Waals surface area contributed by atoms with E-state index >= 15 is 0 Å². The van der Waals surface area contributed by atoms with Crippen molar-refractivity contribution >= 4 is 42.1 Å². The molecule has 1 aliphatic rings. The number of nitrogens with two attached hydrogens (primary N) is 1. The molecule has 4 rings (SSSR count). The first-order valence-electron chi connectivity index (χ1n) is 9.38. The van der Waals surface area contributed by atoms with Crippen molar-refractivity contribution in [1.82, 2.24) is 9.88 Å². The van der Waals surface area contributed by atoms with Crippen molar-refractivity contribution in [3.05, 3.63) is 87.6 Å². The quantitative estimate of drug-likeness (QED) is 0.599. The Morgan fingerprint density at radius 2 is 1.80 bits per heavy atom. The van der Waals surface area contributed by atoms with E-state index in [-0.39, 0.29) is 48.4 Å². The minimum Gasteiger partial charge on any atom is -0.336 e. The molecule has 30 heavy (non-hydrogen) atoms. The second-order valence-electron chi connectivity index (χ2n) is 7.12. The van der Waals surface area contributed by atoms with Gasteiger partial charge < -0.3 is 10.6 Å². The lowest BCUT2D eigenvalue weighted by Crippen LogP contribution is -2.30. The van der Waals surface area contributed by atoms with Crippen LogP contribution in [0.2, 0.25) is 0 Å². The van der Waals surface area contributed by atoms with E-state index in [4.69, 9.17) is 5.73 Å². The predicted molar refractivity (Wildman–Crippen MR) is 123 cm³/mol. The second-order valence-corrected chi connectivity index (χ2v) is 8.06. The molecule has 0 saturated carbocycles. The fraction of sp³-hybridized carbons (Fsp3) is 0.273. The van der Waals surface area contributed by atoms with Crippen molar-refractivity contribution in [2.24, 2.45) is 11.7 Å². The van der Waals surface area contributed by atoms with Crippen molar-refractivity contribution in [3.8, 4) is 0 Å². The van der Waals surface area contributed by atoms with Crippen LogP contribution in [0.15, 0.2) is 60.0 Å². The number of rotatable bonds is 5. The molecule has 1 aliphatic heterocycles. The summed E-state index contributed by atoms with van der Waals surface area (Å²) >= 11 is 1.39. The number of nitrogens with zero attached hydrogens (tertiary/aromatic N) is 2. The number of benzene rings is 2. The summed E-state index contributed by atoms with van der Waals surface area (Å²) in [5.41, 5.74) is 8.21. The zero-order valence-corrected chi connectivity index (χ0v) is 18.7. The Kier molecular flexibility index (Phi) is 8.79. The maximum absolute atomic E-state index is 13.9.